The Morgan fingerprint density at radius 3 is 2.56 bits per heavy atom. The van der Waals surface area contributed by atoms with Crippen LogP contribution in [0.2, 0.25) is 5.02 Å². The van der Waals surface area contributed by atoms with Gasteiger partial charge in [-0.05, 0) is 37.6 Å². The summed E-state index contributed by atoms with van der Waals surface area (Å²) in [5.74, 6) is 0.709. The highest BCUT2D eigenvalue weighted by atomic mass is 35.5. The third-order valence-electron chi connectivity index (χ3n) is 3.38. The topological polar surface area (TPSA) is 15.3 Å². The standard InChI is InChI=1S/C15H25ClN2/c1-5-12(3)11-18(6-2)14-8-7-13(10-17-4)15(16)9-14/h7-9,12,17H,5-6,10-11H2,1-4H3. The molecule has 3 heteroatoms. The first-order valence-electron chi connectivity index (χ1n) is 6.80. The van der Waals surface area contributed by atoms with Crippen LogP contribution in [0.4, 0.5) is 5.69 Å². The highest BCUT2D eigenvalue weighted by molar-refractivity contribution is 6.31. The van der Waals surface area contributed by atoms with Gasteiger partial charge in [-0.3, -0.25) is 0 Å². The van der Waals surface area contributed by atoms with Crippen LogP contribution in [-0.2, 0) is 6.54 Å². The molecule has 0 bridgehead atoms. The predicted molar refractivity (Wildman–Crippen MR) is 81.6 cm³/mol. The lowest BCUT2D eigenvalue weighted by atomic mass is 10.1. The molecule has 1 atom stereocenters. The zero-order valence-corrected chi connectivity index (χ0v) is 12.7. The van der Waals surface area contributed by atoms with E-state index in [2.05, 4.69) is 49.2 Å². The summed E-state index contributed by atoms with van der Waals surface area (Å²) in [6, 6.07) is 6.37. The number of halogens is 1. The summed E-state index contributed by atoms with van der Waals surface area (Å²) >= 11 is 6.31. The van der Waals surface area contributed by atoms with Gasteiger partial charge in [-0.1, -0.05) is 37.9 Å². The highest BCUT2D eigenvalue weighted by Crippen LogP contribution is 2.24. The molecule has 1 aromatic carbocycles. The molecular formula is C15H25ClN2. The van der Waals surface area contributed by atoms with E-state index in [4.69, 9.17) is 11.6 Å². The number of nitrogens with zero attached hydrogens (tertiary/aromatic N) is 1. The number of nitrogens with one attached hydrogen (secondary N) is 1. The first-order valence-corrected chi connectivity index (χ1v) is 7.18. The minimum atomic E-state index is 0.709. The Morgan fingerprint density at radius 2 is 2.06 bits per heavy atom. The van der Waals surface area contributed by atoms with Crippen LogP contribution in [0.1, 0.15) is 32.8 Å². The maximum Gasteiger partial charge on any atom is 0.0471 e. The van der Waals surface area contributed by atoms with E-state index >= 15 is 0 Å². The summed E-state index contributed by atoms with van der Waals surface area (Å²) < 4.78 is 0. The van der Waals surface area contributed by atoms with E-state index in [1.54, 1.807) is 0 Å². The van der Waals surface area contributed by atoms with Crippen molar-refractivity contribution in [3.8, 4) is 0 Å². The number of benzene rings is 1. The quantitative estimate of drug-likeness (QED) is 0.806. The third-order valence-corrected chi connectivity index (χ3v) is 3.73. The maximum absolute atomic E-state index is 6.31. The number of anilines is 1. The van der Waals surface area contributed by atoms with Gasteiger partial charge in [0.05, 0.1) is 0 Å². The van der Waals surface area contributed by atoms with Crippen molar-refractivity contribution >= 4 is 17.3 Å². The molecule has 0 amide bonds. The van der Waals surface area contributed by atoms with E-state index in [1.165, 1.54) is 12.1 Å². The van der Waals surface area contributed by atoms with Crippen LogP contribution in [0.3, 0.4) is 0 Å². The molecule has 0 spiro atoms. The van der Waals surface area contributed by atoms with E-state index in [0.717, 1.165) is 30.2 Å². The van der Waals surface area contributed by atoms with Crippen LogP contribution in [0.15, 0.2) is 18.2 Å². The molecule has 0 saturated carbocycles. The van der Waals surface area contributed by atoms with Crippen LogP contribution in [0.5, 0.6) is 0 Å². The Morgan fingerprint density at radius 1 is 1.33 bits per heavy atom. The van der Waals surface area contributed by atoms with Gasteiger partial charge in [0, 0.05) is 30.3 Å². The molecule has 1 N–H and O–H groups in total. The van der Waals surface area contributed by atoms with E-state index in [0.29, 0.717) is 5.92 Å². The summed E-state index contributed by atoms with van der Waals surface area (Å²) in [5, 5.41) is 3.98. The van der Waals surface area contributed by atoms with Crippen molar-refractivity contribution in [3.63, 3.8) is 0 Å². The van der Waals surface area contributed by atoms with Gasteiger partial charge >= 0.3 is 0 Å². The lowest BCUT2D eigenvalue weighted by molar-refractivity contribution is 0.548. The molecule has 2 nitrogen and oxygen atoms in total. The molecule has 18 heavy (non-hydrogen) atoms. The van der Waals surface area contributed by atoms with E-state index in [9.17, 15) is 0 Å². The second-order valence-electron chi connectivity index (χ2n) is 4.86. The van der Waals surface area contributed by atoms with Crippen molar-refractivity contribution < 1.29 is 0 Å². The third kappa shape index (κ3) is 4.18. The fourth-order valence-corrected chi connectivity index (χ4v) is 2.23. The second kappa shape index (κ2) is 7.65. The SMILES string of the molecule is CCC(C)CN(CC)c1ccc(CNC)c(Cl)c1. The maximum atomic E-state index is 6.31. The van der Waals surface area contributed by atoms with Crippen molar-refractivity contribution in [1.82, 2.24) is 5.32 Å². The fourth-order valence-electron chi connectivity index (χ4n) is 1.99. The molecule has 0 aliphatic heterocycles. The molecule has 1 aromatic rings. The van der Waals surface area contributed by atoms with Crippen molar-refractivity contribution in [2.75, 3.05) is 25.0 Å². The van der Waals surface area contributed by atoms with Gasteiger partial charge in [-0.25, -0.2) is 0 Å². The van der Waals surface area contributed by atoms with Crippen LogP contribution < -0.4 is 10.2 Å². The first-order chi connectivity index (χ1) is 8.62. The molecule has 0 fully saturated rings. The second-order valence-corrected chi connectivity index (χ2v) is 5.27. The van der Waals surface area contributed by atoms with Gasteiger partial charge in [-0.15, -0.1) is 0 Å². The van der Waals surface area contributed by atoms with Crippen LogP contribution in [0, 0.1) is 5.92 Å². The first kappa shape index (κ1) is 15.3. The van der Waals surface area contributed by atoms with Crippen molar-refractivity contribution in [3.05, 3.63) is 28.8 Å². The molecule has 0 aliphatic carbocycles. The fraction of sp³-hybridized carbons (Fsp3) is 0.600. The number of hydrogen-bond acceptors (Lipinski definition) is 2. The monoisotopic (exact) mass is 268 g/mol. The van der Waals surface area contributed by atoms with Gasteiger partial charge in [0.1, 0.15) is 0 Å². The molecule has 0 saturated heterocycles. The van der Waals surface area contributed by atoms with Crippen LogP contribution >= 0.6 is 11.6 Å². The zero-order chi connectivity index (χ0) is 13.5. The molecule has 1 rings (SSSR count). The Bertz CT molecular complexity index is 366. The normalized spacial score (nSPS) is 12.5. The van der Waals surface area contributed by atoms with E-state index < -0.39 is 0 Å². The zero-order valence-electron chi connectivity index (χ0n) is 12.0. The Kier molecular flexibility index (Phi) is 6.51. The minimum Gasteiger partial charge on any atom is -0.372 e. The molecule has 0 heterocycles. The van der Waals surface area contributed by atoms with Gasteiger partial charge in [0.2, 0.25) is 0 Å². The Labute approximate surface area is 116 Å². The highest BCUT2D eigenvalue weighted by Gasteiger charge is 2.10. The molecule has 102 valence electrons. The molecule has 1 unspecified atom stereocenters. The van der Waals surface area contributed by atoms with Crippen LogP contribution in [0.25, 0.3) is 0 Å². The van der Waals surface area contributed by atoms with E-state index in [1.807, 2.05) is 7.05 Å². The van der Waals surface area contributed by atoms with E-state index in [-0.39, 0.29) is 0 Å². The summed E-state index contributed by atoms with van der Waals surface area (Å²) in [7, 11) is 1.94. The summed E-state index contributed by atoms with van der Waals surface area (Å²) in [5.41, 5.74) is 2.38. The van der Waals surface area contributed by atoms with Gasteiger partial charge < -0.3 is 10.2 Å². The lowest BCUT2D eigenvalue weighted by Gasteiger charge is -2.26. The largest absolute Gasteiger partial charge is 0.372 e. The van der Waals surface area contributed by atoms with Crippen molar-refractivity contribution in [2.24, 2.45) is 5.92 Å². The average molecular weight is 269 g/mol. The number of rotatable bonds is 7. The van der Waals surface area contributed by atoms with Crippen molar-refractivity contribution in [1.29, 1.82) is 0 Å². The predicted octanol–water partition coefficient (Wildman–Crippen LogP) is 3.93. The summed E-state index contributed by atoms with van der Waals surface area (Å²) in [6.07, 6.45) is 1.21. The molecule has 0 aromatic heterocycles. The van der Waals surface area contributed by atoms with Crippen LogP contribution in [-0.4, -0.2) is 20.1 Å². The van der Waals surface area contributed by atoms with Crippen molar-refractivity contribution in [2.45, 2.75) is 33.7 Å². The smallest absolute Gasteiger partial charge is 0.0471 e. The minimum absolute atomic E-state index is 0.709. The lowest BCUT2D eigenvalue weighted by Crippen LogP contribution is -2.28. The Balaban J connectivity index is 2.83. The summed E-state index contributed by atoms with van der Waals surface area (Å²) in [6.45, 7) is 9.65. The number of hydrogen-bond donors (Lipinski definition) is 1. The van der Waals surface area contributed by atoms with Gasteiger partial charge in [-0.2, -0.15) is 0 Å². The van der Waals surface area contributed by atoms with Gasteiger partial charge in [0.15, 0.2) is 0 Å². The summed E-state index contributed by atoms with van der Waals surface area (Å²) in [4.78, 5) is 2.39. The molecule has 0 aliphatic rings. The molecule has 0 radical (unpaired) electrons. The molecular weight excluding hydrogens is 244 g/mol. The Hall–Kier alpha value is -0.730. The average Bonchev–Trinajstić information content (AvgIpc) is 2.38. The van der Waals surface area contributed by atoms with Gasteiger partial charge in [0.25, 0.3) is 0 Å².